The van der Waals surface area contributed by atoms with Gasteiger partial charge in [0.1, 0.15) is 17.9 Å². The van der Waals surface area contributed by atoms with E-state index in [1.54, 1.807) is 17.0 Å². The predicted molar refractivity (Wildman–Crippen MR) is 82.4 cm³/mol. The molecule has 0 aliphatic rings. The maximum Gasteiger partial charge on any atom is 0.420 e. The van der Waals surface area contributed by atoms with Crippen LogP contribution in [0.4, 0.5) is 18.9 Å². The number of phenols is 1. The number of rotatable bonds is 3. The van der Waals surface area contributed by atoms with Crippen LogP contribution < -0.4 is 5.32 Å². The Morgan fingerprint density at radius 1 is 1.16 bits per heavy atom. The molecule has 2 aromatic heterocycles. The first-order valence-corrected chi connectivity index (χ1v) is 7.00. The van der Waals surface area contributed by atoms with E-state index < -0.39 is 23.4 Å². The predicted octanol–water partition coefficient (Wildman–Crippen LogP) is 3.24. The van der Waals surface area contributed by atoms with Crippen LogP contribution in [0.5, 0.6) is 5.75 Å². The SMILES string of the molecule is O=C(Nc1ccc(O)c(C(F)(F)F)c1)c1ccnc(-n2ccnc2)c1. The van der Waals surface area contributed by atoms with Crippen molar-refractivity contribution in [3.8, 4) is 11.6 Å². The van der Waals surface area contributed by atoms with Crippen molar-refractivity contribution in [3.63, 3.8) is 0 Å². The summed E-state index contributed by atoms with van der Waals surface area (Å²) in [6.45, 7) is 0. The lowest BCUT2D eigenvalue weighted by molar-refractivity contribution is -0.138. The zero-order valence-corrected chi connectivity index (χ0v) is 12.5. The fourth-order valence-electron chi connectivity index (χ4n) is 2.14. The summed E-state index contributed by atoms with van der Waals surface area (Å²) in [4.78, 5) is 20.2. The van der Waals surface area contributed by atoms with Crippen LogP contribution in [-0.2, 0) is 6.18 Å². The lowest BCUT2D eigenvalue weighted by Gasteiger charge is -2.12. The molecule has 0 bridgehead atoms. The number of pyridine rings is 1. The molecule has 1 aromatic carbocycles. The number of benzene rings is 1. The zero-order chi connectivity index (χ0) is 18.0. The van der Waals surface area contributed by atoms with E-state index in [0.29, 0.717) is 11.9 Å². The molecule has 0 spiro atoms. The Labute approximate surface area is 139 Å². The number of anilines is 1. The molecule has 0 saturated heterocycles. The summed E-state index contributed by atoms with van der Waals surface area (Å²) in [6, 6.07) is 5.64. The Balaban J connectivity index is 1.85. The summed E-state index contributed by atoms with van der Waals surface area (Å²) in [6.07, 6.45) is 1.36. The number of carbonyl (C=O) groups excluding carboxylic acids is 1. The van der Waals surface area contributed by atoms with Crippen molar-refractivity contribution in [2.45, 2.75) is 6.18 Å². The Morgan fingerprint density at radius 2 is 1.96 bits per heavy atom. The maximum absolute atomic E-state index is 12.8. The van der Waals surface area contributed by atoms with Gasteiger partial charge in [0.15, 0.2) is 0 Å². The smallest absolute Gasteiger partial charge is 0.420 e. The van der Waals surface area contributed by atoms with Gasteiger partial charge in [-0.2, -0.15) is 13.2 Å². The van der Waals surface area contributed by atoms with Crippen molar-refractivity contribution in [2.24, 2.45) is 0 Å². The van der Waals surface area contributed by atoms with Gasteiger partial charge in [0.05, 0.1) is 5.56 Å². The van der Waals surface area contributed by atoms with Gasteiger partial charge in [0, 0.05) is 29.8 Å². The first-order valence-electron chi connectivity index (χ1n) is 7.00. The molecule has 0 radical (unpaired) electrons. The van der Waals surface area contributed by atoms with Crippen LogP contribution in [-0.4, -0.2) is 25.5 Å². The minimum absolute atomic E-state index is 0.0869. The number of alkyl halides is 3. The van der Waals surface area contributed by atoms with Gasteiger partial charge in [-0.25, -0.2) is 9.97 Å². The summed E-state index contributed by atoms with van der Waals surface area (Å²) in [7, 11) is 0. The molecule has 6 nitrogen and oxygen atoms in total. The highest BCUT2D eigenvalue weighted by Crippen LogP contribution is 2.37. The summed E-state index contributed by atoms with van der Waals surface area (Å²) < 4.78 is 40.0. The monoisotopic (exact) mass is 348 g/mol. The number of hydrogen-bond donors (Lipinski definition) is 2. The highest BCUT2D eigenvalue weighted by atomic mass is 19.4. The van der Waals surface area contributed by atoms with E-state index in [-0.39, 0.29) is 11.3 Å². The van der Waals surface area contributed by atoms with Gasteiger partial charge in [0.2, 0.25) is 0 Å². The zero-order valence-electron chi connectivity index (χ0n) is 12.5. The van der Waals surface area contributed by atoms with E-state index in [1.807, 2.05) is 0 Å². The maximum atomic E-state index is 12.8. The molecule has 2 N–H and O–H groups in total. The van der Waals surface area contributed by atoms with Crippen LogP contribution in [0.15, 0.2) is 55.2 Å². The minimum Gasteiger partial charge on any atom is -0.507 e. The number of halogens is 3. The number of phenolic OH excluding ortho intramolecular Hbond substituents is 1. The quantitative estimate of drug-likeness (QED) is 0.712. The van der Waals surface area contributed by atoms with Crippen LogP contribution in [0.2, 0.25) is 0 Å². The van der Waals surface area contributed by atoms with Gasteiger partial charge in [-0.1, -0.05) is 0 Å². The summed E-state index contributed by atoms with van der Waals surface area (Å²) in [5.41, 5.74) is -1.10. The molecule has 0 unspecified atom stereocenters. The second-order valence-electron chi connectivity index (χ2n) is 5.06. The molecular weight excluding hydrogens is 337 g/mol. The summed E-state index contributed by atoms with van der Waals surface area (Å²) in [5, 5.41) is 11.7. The van der Waals surface area contributed by atoms with Crippen molar-refractivity contribution in [3.05, 3.63) is 66.4 Å². The van der Waals surface area contributed by atoms with E-state index in [4.69, 9.17) is 0 Å². The first-order chi connectivity index (χ1) is 11.8. The lowest BCUT2D eigenvalue weighted by atomic mass is 10.1. The molecule has 0 aliphatic carbocycles. The van der Waals surface area contributed by atoms with E-state index in [1.165, 1.54) is 30.7 Å². The Morgan fingerprint density at radius 3 is 2.64 bits per heavy atom. The van der Waals surface area contributed by atoms with Crippen LogP contribution in [0.25, 0.3) is 5.82 Å². The van der Waals surface area contributed by atoms with Crippen molar-refractivity contribution in [2.75, 3.05) is 5.32 Å². The molecule has 25 heavy (non-hydrogen) atoms. The molecule has 2 heterocycles. The fourth-order valence-corrected chi connectivity index (χ4v) is 2.14. The van der Waals surface area contributed by atoms with Crippen LogP contribution in [0.3, 0.4) is 0 Å². The number of imidazole rings is 1. The fraction of sp³-hybridized carbons (Fsp3) is 0.0625. The molecule has 3 rings (SSSR count). The van der Waals surface area contributed by atoms with E-state index in [0.717, 1.165) is 6.07 Å². The number of nitrogens with zero attached hydrogens (tertiary/aromatic N) is 3. The first kappa shape index (κ1) is 16.5. The average Bonchev–Trinajstić information content (AvgIpc) is 3.10. The van der Waals surface area contributed by atoms with Gasteiger partial charge in [0.25, 0.3) is 5.91 Å². The summed E-state index contributed by atoms with van der Waals surface area (Å²) in [5.74, 6) is -1.08. The second kappa shape index (κ2) is 6.27. The molecule has 3 aromatic rings. The highest BCUT2D eigenvalue weighted by Gasteiger charge is 2.34. The minimum atomic E-state index is -4.73. The second-order valence-corrected chi connectivity index (χ2v) is 5.06. The number of amides is 1. The molecule has 0 aliphatic heterocycles. The van der Waals surface area contributed by atoms with Gasteiger partial charge < -0.3 is 10.4 Å². The molecule has 0 fully saturated rings. The molecule has 0 atom stereocenters. The molecule has 128 valence electrons. The normalized spacial score (nSPS) is 11.3. The third kappa shape index (κ3) is 3.60. The average molecular weight is 348 g/mol. The van der Waals surface area contributed by atoms with Crippen molar-refractivity contribution in [1.29, 1.82) is 0 Å². The topological polar surface area (TPSA) is 80.0 Å². The Kier molecular flexibility index (Phi) is 4.14. The Bertz CT molecular complexity index is 908. The van der Waals surface area contributed by atoms with Crippen molar-refractivity contribution in [1.82, 2.24) is 14.5 Å². The van der Waals surface area contributed by atoms with Crippen LogP contribution >= 0.6 is 0 Å². The van der Waals surface area contributed by atoms with E-state index >= 15 is 0 Å². The Hall–Kier alpha value is -3.36. The third-order valence-electron chi connectivity index (χ3n) is 3.34. The highest BCUT2D eigenvalue weighted by molar-refractivity contribution is 6.04. The standard InChI is InChI=1S/C16H11F3N4O2/c17-16(18,19)12-8-11(1-2-13(12)24)22-15(25)10-3-4-21-14(7-10)23-6-5-20-9-23/h1-9,24H,(H,22,25). The number of carbonyl (C=O) groups is 1. The number of aromatic nitrogens is 3. The van der Waals surface area contributed by atoms with Crippen molar-refractivity contribution < 1.29 is 23.1 Å². The largest absolute Gasteiger partial charge is 0.507 e. The third-order valence-corrected chi connectivity index (χ3v) is 3.34. The van der Waals surface area contributed by atoms with Gasteiger partial charge in [-0.05, 0) is 30.3 Å². The van der Waals surface area contributed by atoms with E-state index in [2.05, 4.69) is 15.3 Å². The van der Waals surface area contributed by atoms with Gasteiger partial charge in [-0.3, -0.25) is 9.36 Å². The number of aromatic hydroxyl groups is 1. The molecule has 0 saturated carbocycles. The number of nitrogens with one attached hydrogen (secondary N) is 1. The van der Waals surface area contributed by atoms with Crippen LogP contribution in [0, 0.1) is 0 Å². The lowest BCUT2D eigenvalue weighted by Crippen LogP contribution is -2.14. The molecule has 9 heteroatoms. The van der Waals surface area contributed by atoms with Crippen LogP contribution in [0.1, 0.15) is 15.9 Å². The molecule has 1 amide bonds. The van der Waals surface area contributed by atoms with Crippen molar-refractivity contribution >= 4 is 11.6 Å². The van der Waals surface area contributed by atoms with Gasteiger partial charge >= 0.3 is 6.18 Å². The van der Waals surface area contributed by atoms with E-state index in [9.17, 15) is 23.1 Å². The van der Waals surface area contributed by atoms with Gasteiger partial charge in [-0.15, -0.1) is 0 Å². The molecular formula is C16H11F3N4O2. The summed E-state index contributed by atoms with van der Waals surface area (Å²) >= 11 is 0. The number of hydrogen-bond acceptors (Lipinski definition) is 4.